The molecule has 2 atom stereocenters. The molecule has 0 radical (unpaired) electrons. The molecule has 1 rings (SSSR count). The van der Waals surface area contributed by atoms with E-state index in [1.807, 2.05) is 0 Å². The van der Waals surface area contributed by atoms with E-state index in [4.69, 9.17) is 4.74 Å². The average molecular weight is 188 g/mol. The highest BCUT2D eigenvalue weighted by Gasteiger charge is 2.24. The number of carbonyl (C=O) groups is 1. The van der Waals surface area contributed by atoms with Crippen LogP contribution in [0.5, 0.6) is 0 Å². The highest BCUT2D eigenvalue weighted by molar-refractivity contribution is 5.69. The summed E-state index contributed by atoms with van der Waals surface area (Å²) in [5.41, 5.74) is 0. The quantitative estimate of drug-likeness (QED) is 0.649. The van der Waals surface area contributed by atoms with Crippen LogP contribution >= 0.6 is 0 Å². The lowest BCUT2D eigenvalue weighted by Gasteiger charge is -2.27. The van der Waals surface area contributed by atoms with Gasteiger partial charge in [-0.1, -0.05) is 0 Å². The predicted octanol–water partition coefficient (Wildman–Crippen LogP) is 0.337. The lowest BCUT2D eigenvalue weighted by atomic mass is 9.94. The van der Waals surface area contributed by atoms with Gasteiger partial charge < -0.3 is 14.6 Å². The fraction of sp³-hybridized carbons (Fsp3) is 0.889. The van der Waals surface area contributed by atoms with Crippen LogP contribution in [0.4, 0.5) is 0 Å². The lowest BCUT2D eigenvalue weighted by Crippen LogP contribution is -2.32. The Morgan fingerprint density at radius 1 is 1.69 bits per heavy atom. The fourth-order valence-electron chi connectivity index (χ4n) is 1.47. The zero-order chi connectivity index (χ0) is 9.68. The Hall–Kier alpha value is -0.610. The number of aliphatic hydroxyl groups is 1. The maximum Gasteiger partial charge on any atom is 0.305 e. The molecule has 1 saturated heterocycles. The molecular weight excluding hydrogens is 172 g/mol. The molecule has 4 heteroatoms. The molecule has 0 aromatic carbocycles. The van der Waals surface area contributed by atoms with Gasteiger partial charge in [0.1, 0.15) is 0 Å². The molecular formula is C9H16O4. The van der Waals surface area contributed by atoms with Gasteiger partial charge in [0.25, 0.3) is 0 Å². The van der Waals surface area contributed by atoms with Crippen molar-refractivity contribution < 1.29 is 19.4 Å². The van der Waals surface area contributed by atoms with Gasteiger partial charge in [0.05, 0.1) is 19.8 Å². The second-order valence-electron chi connectivity index (χ2n) is 3.31. The molecule has 0 aromatic rings. The largest absolute Gasteiger partial charge is 0.469 e. The Kier molecular flexibility index (Phi) is 4.18. The number of hydrogen-bond acceptors (Lipinski definition) is 4. The summed E-state index contributed by atoms with van der Waals surface area (Å²) in [4.78, 5) is 10.8. The number of carbonyl (C=O) groups excluding carboxylic acids is 1. The van der Waals surface area contributed by atoms with Crippen LogP contribution in [0, 0.1) is 5.92 Å². The van der Waals surface area contributed by atoms with Crippen molar-refractivity contribution in [2.45, 2.75) is 25.4 Å². The second kappa shape index (κ2) is 5.19. The number of aliphatic hydroxyl groups excluding tert-OH is 1. The molecule has 76 valence electrons. The molecule has 1 heterocycles. The van der Waals surface area contributed by atoms with E-state index in [1.165, 1.54) is 7.11 Å². The first-order valence-electron chi connectivity index (χ1n) is 4.56. The summed E-state index contributed by atoms with van der Waals surface area (Å²) in [5, 5.41) is 9.52. The molecule has 13 heavy (non-hydrogen) atoms. The minimum absolute atomic E-state index is 0.0906. The highest BCUT2D eigenvalue weighted by atomic mass is 16.5. The average Bonchev–Trinajstić information content (AvgIpc) is 2.16. The van der Waals surface area contributed by atoms with Crippen LogP contribution in [0.2, 0.25) is 0 Å². The van der Waals surface area contributed by atoms with E-state index in [1.54, 1.807) is 0 Å². The van der Waals surface area contributed by atoms with Crippen molar-refractivity contribution in [3.63, 3.8) is 0 Å². The molecule has 0 spiro atoms. The Labute approximate surface area is 77.8 Å². The van der Waals surface area contributed by atoms with Gasteiger partial charge in [-0.2, -0.15) is 0 Å². The summed E-state index contributed by atoms with van der Waals surface area (Å²) in [6, 6.07) is 0. The third-order valence-electron chi connectivity index (χ3n) is 2.38. The molecule has 1 N–H and O–H groups in total. The third kappa shape index (κ3) is 3.32. The fourth-order valence-corrected chi connectivity index (χ4v) is 1.47. The summed E-state index contributed by atoms with van der Waals surface area (Å²) in [5.74, 6) is -0.134. The normalized spacial score (nSPS) is 28.5. The Bertz CT molecular complexity index is 169. The summed E-state index contributed by atoms with van der Waals surface area (Å²) < 4.78 is 9.72. The van der Waals surface area contributed by atoms with Crippen molar-refractivity contribution in [3.8, 4) is 0 Å². The summed E-state index contributed by atoms with van der Waals surface area (Å²) >= 11 is 0. The minimum Gasteiger partial charge on any atom is -0.469 e. The maximum absolute atomic E-state index is 10.8. The van der Waals surface area contributed by atoms with Crippen LogP contribution < -0.4 is 0 Å². The molecule has 2 unspecified atom stereocenters. The van der Waals surface area contributed by atoms with E-state index in [-0.39, 0.29) is 18.0 Å². The van der Waals surface area contributed by atoms with Gasteiger partial charge in [0.2, 0.25) is 0 Å². The SMILES string of the molecule is COC(=O)CCC1COCCC1O. The Balaban J connectivity index is 2.22. The zero-order valence-corrected chi connectivity index (χ0v) is 7.86. The molecule has 0 saturated carbocycles. The first-order chi connectivity index (χ1) is 6.24. The van der Waals surface area contributed by atoms with E-state index >= 15 is 0 Å². The minimum atomic E-state index is -0.321. The molecule has 0 aromatic heterocycles. The van der Waals surface area contributed by atoms with Crippen molar-refractivity contribution in [2.75, 3.05) is 20.3 Å². The molecule has 1 fully saturated rings. The monoisotopic (exact) mass is 188 g/mol. The first kappa shape index (κ1) is 10.5. The number of ether oxygens (including phenoxy) is 2. The van der Waals surface area contributed by atoms with E-state index in [0.29, 0.717) is 32.5 Å². The molecule has 1 aliphatic rings. The van der Waals surface area contributed by atoms with E-state index < -0.39 is 0 Å². The number of methoxy groups -OCH3 is 1. The maximum atomic E-state index is 10.8. The summed E-state index contributed by atoms with van der Waals surface area (Å²) in [6.07, 6.45) is 1.36. The number of hydrogen-bond donors (Lipinski definition) is 1. The summed E-state index contributed by atoms with van der Waals surface area (Å²) in [7, 11) is 1.37. The van der Waals surface area contributed by atoms with Crippen molar-refractivity contribution >= 4 is 5.97 Å². The van der Waals surface area contributed by atoms with Gasteiger partial charge in [0.15, 0.2) is 0 Å². The van der Waals surface area contributed by atoms with Gasteiger partial charge in [0, 0.05) is 18.9 Å². The topological polar surface area (TPSA) is 55.8 Å². The van der Waals surface area contributed by atoms with Gasteiger partial charge in [-0.3, -0.25) is 4.79 Å². The van der Waals surface area contributed by atoms with Crippen LogP contribution in [0.1, 0.15) is 19.3 Å². The Morgan fingerprint density at radius 2 is 2.46 bits per heavy atom. The molecule has 0 bridgehead atoms. The van der Waals surface area contributed by atoms with Gasteiger partial charge >= 0.3 is 5.97 Å². The van der Waals surface area contributed by atoms with Crippen molar-refractivity contribution in [2.24, 2.45) is 5.92 Å². The van der Waals surface area contributed by atoms with Crippen molar-refractivity contribution in [3.05, 3.63) is 0 Å². The van der Waals surface area contributed by atoms with Gasteiger partial charge in [-0.05, 0) is 12.8 Å². The third-order valence-corrected chi connectivity index (χ3v) is 2.38. The molecule has 4 nitrogen and oxygen atoms in total. The first-order valence-corrected chi connectivity index (χ1v) is 4.56. The predicted molar refractivity (Wildman–Crippen MR) is 46.2 cm³/mol. The molecule has 0 amide bonds. The number of rotatable bonds is 3. The zero-order valence-electron chi connectivity index (χ0n) is 7.86. The van der Waals surface area contributed by atoms with Crippen LogP contribution in [0.25, 0.3) is 0 Å². The second-order valence-corrected chi connectivity index (χ2v) is 3.31. The molecule has 0 aliphatic carbocycles. The van der Waals surface area contributed by atoms with Crippen LogP contribution in [-0.2, 0) is 14.3 Å². The van der Waals surface area contributed by atoms with E-state index in [9.17, 15) is 9.90 Å². The highest BCUT2D eigenvalue weighted by Crippen LogP contribution is 2.19. The van der Waals surface area contributed by atoms with Gasteiger partial charge in [-0.15, -0.1) is 0 Å². The van der Waals surface area contributed by atoms with Crippen molar-refractivity contribution in [1.29, 1.82) is 0 Å². The van der Waals surface area contributed by atoms with Crippen LogP contribution in [0.15, 0.2) is 0 Å². The van der Waals surface area contributed by atoms with Crippen LogP contribution in [-0.4, -0.2) is 37.5 Å². The van der Waals surface area contributed by atoms with E-state index in [0.717, 1.165) is 0 Å². The Morgan fingerprint density at radius 3 is 3.08 bits per heavy atom. The van der Waals surface area contributed by atoms with E-state index in [2.05, 4.69) is 4.74 Å². The van der Waals surface area contributed by atoms with Crippen LogP contribution in [0.3, 0.4) is 0 Å². The summed E-state index contributed by atoms with van der Waals surface area (Å²) in [6.45, 7) is 1.17. The smallest absolute Gasteiger partial charge is 0.305 e. The van der Waals surface area contributed by atoms with Gasteiger partial charge in [-0.25, -0.2) is 0 Å². The number of esters is 1. The standard InChI is InChI=1S/C9H16O4/c1-12-9(11)3-2-7-6-13-5-4-8(7)10/h7-8,10H,2-6H2,1H3. The molecule has 1 aliphatic heterocycles. The van der Waals surface area contributed by atoms with Crippen molar-refractivity contribution in [1.82, 2.24) is 0 Å². The lowest BCUT2D eigenvalue weighted by molar-refractivity contribution is -0.141.